The molecule has 0 spiro atoms. The number of aryl methyl sites for hydroxylation is 1. The molecule has 2 N–H and O–H groups in total. The molecule has 1 aromatic heterocycles. The third-order valence-electron chi connectivity index (χ3n) is 4.78. The zero-order valence-electron chi connectivity index (χ0n) is 15.8. The topological polar surface area (TPSA) is 98.1 Å². The van der Waals surface area contributed by atoms with Gasteiger partial charge >= 0.3 is 0 Å². The van der Waals surface area contributed by atoms with E-state index in [4.69, 9.17) is 5.26 Å². The van der Waals surface area contributed by atoms with E-state index in [1.165, 1.54) is 11.8 Å². The van der Waals surface area contributed by atoms with Crippen LogP contribution in [-0.2, 0) is 16.0 Å². The van der Waals surface area contributed by atoms with Gasteiger partial charge in [-0.25, -0.2) is 4.98 Å². The smallest absolute Gasteiger partial charge is 0.227 e. The number of nitrogens with zero attached hydrogens (tertiary/aromatic N) is 3. The van der Waals surface area contributed by atoms with Crippen LogP contribution in [0, 0.1) is 17.2 Å². The van der Waals surface area contributed by atoms with E-state index < -0.39 is 0 Å². The van der Waals surface area contributed by atoms with Crippen LogP contribution < -0.4 is 15.5 Å². The van der Waals surface area contributed by atoms with Crippen LogP contribution in [0.2, 0.25) is 0 Å². The number of carbonyl (C=O) groups excluding carboxylic acids is 2. The van der Waals surface area contributed by atoms with Crippen molar-refractivity contribution in [1.29, 1.82) is 5.26 Å². The summed E-state index contributed by atoms with van der Waals surface area (Å²) in [5.74, 6) is 0.164. The van der Waals surface area contributed by atoms with Crippen molar-refractivity contribution in [1.82, 2.24) is 10.3 Å². The second kappa shape index (κ2) is 9.00. The summed E-state index contributed by atoms with van der Waals surface area (Å²) in [6.45, 7) is 3.42. The Bertz CT molecular complexity index is 871. The van der Waals surface area contributed by atoms with Gasteiger partial charge in [0, 0.05) is 37.9 Å². The number of nitriles is 1. The Morgan fingerprint density at radius 3 is 2.68 bits per heavy atom. The number of rotatable bonds is 7. The largest absolute Gasteiger partial charge is 0.368 e. The van der Waals surface area contributed by atoms with E-state index >= 15 is 0 Å². The van der Waals surface area contributed by atoms with E-state index in [1.54, 1.807) is 17.0 Å². The molecule has 7 heteroatoms. The molecule has 1 fully saturated rings. The summed E-state index contributed by atoms with van der Waals surface area (Å²) in [7, 11) is 0. The fourth-order valence-electron chi connectivity index (χ4n) is 3.13. The molecule has 0 saturated carbocycles. The van der Waals surface area contributed by atoms with Crippen molar-refractivity contribution in [2.75, 3.05) is 29.9 Å². The summed E-state index contributed by atoms with van der Waals surface area (Å²) in [6, 6.07) is 13.3. The van der Waals surface area contributed by atoms with Crippen LogP contribution in [0.5, 0.6) is 0 Å². The molecule has 0 radical (unpaired) electrons. The van der Waals surface area contributed by atoms with E-state index in [0.29, 0.717) is 31.0 Å². The monoisotopic (exact) mass is 377 g/mol. The van der Waals surface area contributed by atoms with Crippen molar-refractivity contribution in [2.24, 2.45) is 5.92 Å². The molecule has 2 amide bonds. The molecule has 2 aromatic rings. The molecule has 0 aliphatic carbocycles. The predicted octanol–water partition coefficient (Wildman–Crippen LogP) is 2.10. The minimum Gasteiger partial charge on any atom is -0.368 e. The Balaban J connectivity index is 1.45. The fourth-order valence-corrected chi connectivity index (χ4v) is 3.13. The number of pyridine rings is 1. The molecule has 1 aliphatic rings. The molecule has 7 nitrogen and oxygen atoms in total. The first kappa shape index (κ1) is 19.4. The zero-order valence-corrected chi connectivity index (χ0v) is 15.8. The molecule has 1 saturated heterocycles. The first-order chi connectivity index (χ1) is 13.6. The second-order valence-electron chi connectivity index (χ2n) is 6.69. The normalized spacial score (nSPS) is 15.9. The van der Waals surface area contributed by atoms with Gasteiger partial charge in [0.15, 0.2) is 0 Å². The van der Waals surface area contributed by atoms with Gasteiger partial charge < -0.3 is 15.5 Å². The summed E-state index contributed by atoms with van der Waals surface area (Å²) >= 11 is 0. The predicted molar refractivity (Wildman–Crippen MR) is 107 cm³/mol. The quantitative estimate of drug-likeness (QED) is 0.720. The van der Waals surface area contributed by atoms with E-state index in [1.807, 2.05) is 30.3 Å². The van der Waals surface area contributed by atoms with Crippen molar-refractivity contribution in [3.8, 4) is 6.07 Å². The summed E-state index contributed by atoms with van der Waals surface area (Å²) in [5.41, 5.74) is 2.55. The lowest BCUT2D eigenvalue weighted by Gasteiger charge is -2.17. The molecular weight excluding hydrogens is 354 g/mol. The Morgan fingerprint density at radius 1 is 1.25 bits per heavy atom. The van der Waals surface area contributed by atoms with Crippen LogP contribution in [0.15, 0.2) is 42.6 Å². The summed E-state index contributed by atoms with van der Waals surface area (Å²) in [5, 5.41) is 14.7. The van der Waals surface area contributed by atoms with Gasteiger partial charge in [0.25, 0.3) is 0 Å². The Hall–Kier alpha value is -3.40. The van der Waals surface area contributed by atoms with Crippen molar-refractivity contribution in [3.05, 3.63) is 53.7 Å². The van der Waals surface area contributed by atoms with Gasteiger partial charge in [0.05, 0.1) is 11.5 Å². The third kappa shape index (κ3) is 4.65. The highest BCUT2D eigenvalue weighted by Crippen LogP contribution is 2.25. The average Bonchev–Trinajstić information content (AvgIpc) is 3.13. The molecule has 3 rings (SSSR count). The van der Waals surface area contributed by atoms with E-state index in [0.717, 1.165) is 12.1 Å². The Kier molecular flexibility index (Phi) is 6.22. The molecular formula is C21H23N5O2. The molecule has 2 heterocycles. The lowest BCUT2D eigenvalue weighted by Crippen LogP contribution is -2.35. The van der Waals surface area contributed by atoms with E-state index in [9.17, 15) is 9.59 Å². The number of hydrogen-bond donors (Lipinski definition) is 2. The summed E-state index contributed by atoms with van der Waals surface area (Å²) in [4.78, 5) is 30.5. The maximum atomic E-state index is 12.4. The molecule has 0 bridgehead atoms. The van der Waals surface area contributed by atoms with Crippen LogP contribution in [-0.4, -0.2) is 36.4 Å². The van der Waals surface area contributed by atoms with Crippen LogP contribution in [0.1, 0.15) is 24.5 Å². The maximum Gasteiger partial charge on any atom is 0.227 e. The highest BCUT2D eigenvalue weighted by atomic mass is 16.2. The van der Waals surface area contributed by atoms with Crippen LogP contribution in [0.25, 0.3) is 0 Å². The SMILES string of the molecule is CCc1ccc(N2CC(C(=O)NCCNc3ccc(C#N)cn3)CC2=O)cc1. The molecule has 1 aromatic carbocycles. The number of amides is 2. The van der Waals surface area contributed by atoms with Gasteiger partial charge in [0.1, 0.15) is 11.9 Å². The lowest BCUT2D eigenvalue weighted by atomic mass is 10.1. The van der Waals surface area contributed by atoms with Crippen LogP contribution in [0.4, 0.5) is 11.5 Å². The molecule has 1 atom stereocenters. The van der Waals surface area contributed by atoms with Crippen LogP contribution in [0.3, 0.4) is 0 Å². The number of nitrogens with one attached hydrogen (secondary N) is 2. The van der Waals surface area contributed by atoms with Gasteiger partial charge in [-0.1, -0.05) is 19.1 Å². The summed E-state index contributed by atoms with van der Waals surface area (Å²) in [6.07, 6.45) is 2.67. The zero-order chi connectivity index (χ0) is 19.9. The first-order valence-electron chi connectivity index (χ1n) is 9.37. The Morgan fingerprint density at radius 2 is 2.04 bits per heavy atom. The molecule has 1 unspecified atom stereocenters. The van der Waals surface area contributed by atoms with Crippen molar-refractivity contribution < 1.29 is 9.59 Å². The molecule has 144 valence electrons. The van der Waals surface area contributed by atoms with Gasteiger partial charge in [-0.3, -0.25) is 9.59 Å². The fraction of sp³-hybridized carbons (Fsp3) is 0.333. The van der Waals surface area contributed by atoms with Crippen molar-refractivity contribution in [2.45, 2.75) is 19.8 Å². The van der Waals surface area contributed by atoms with Gasteiger partial charge in [-0.05, 0) is 36.2 Å². The van der Waals surface area contributed by atoms with Gasteiger partial charge in [0.2, 0.25) is 11.8 Å². The van der Waals surface area contributed by atoms with Crippen LogP contribution >= 0.6 is 0 Å². The van der Waals surface area contributed by atoms with Gasteiger partial charge in [-0.15, -0.1) is 0 Å². The standard InChI is InChI=1S/C21H23N5O2/c1-2-15-3-6-18(7-4-15)26-14-17(11-20(26)27)21(28)24-10-9-23-19-8-5-16(12-22)13-25-19/h3-8,13,17H,2,9-11,14H2,1H3,(H,23,25)(H,24,28). The number of carbonyl (C=O) groups is 2. The Labute approximate surface area is 164 Å². The highest BCUT2D eigenvalue weighted by Gasteiger charge is 2.34. The highest BCUT2D eigenvalue weighted by molar-refractivity contribution is 6.00. The van der Waals surface area contributed by atoms with Crippen molar-refractivity contribution >= 4 is 23.3 Å². The number of aromatic nitrogens is 1. The van der Waals surface area contributed by atoms with Crippen molar-refractivity contribution in [3.63, 3.8) is 0 Å². The molecule has 1 aliphatic heterocycles. The average molecular weight is 377 g/mol. The minimum atomic E-state index is -0.341. The number of hydrogen-bond acceptors (Lipinski definition) is 5. The number of benzene rings is 1. The summed E-state index contributed by atoms with van der Waals surface area (Å²) < 4.78 is 0. The third-order valence-corrected chi connectivity index (χ3v) is 4.78. The molecule has 28 heavy (non-hydrogen) atoms. The van der Waals surface area contributed by atoms with E-state index in [-0.39, 0.29) is 24.2 Å². The van der Waals surface area contributed by atoms with E-state index in [2.05, 4.69) is 22.5 Å². The number of anilines is 2. The maximum absolute atomic E-state index is 12.4. The lowest BCUT2D eigenvalue weighted by molar-refractivity contribution is -0.126. The van der Waals surface area contributed by atoms with Gasteiger partial charge in [-0.2, -0.15) is 5.26 Å². The second-order valence-corrected chi connectivity index (χ2v) is 6.69. The first-order valence-corrected chi connectivity index (χ1v) is 9.37. The minimum absolute atomic E-state index is 0.0238.